The van der Waals surface area contributed by atoms with Crippen LogP contribution in [0.15, 0.2) is 24.3 Å². The minimum Gasteiger partial charge on any atom is -0.465 e. The van der Waals surface area contributed by atoms with Gasteiger partial charge in [-0.05, 0) is 68.1 Å². The van der Waals surface area contributed by atoms with E-state index < -0.39 is 5.60 Å². The first-order valence-corrected chi connectivity index (χ1v) is 9.51. The van der Waals surface area contributed by atoms with Gasteiger partial charge in [-0.1, -0.05) is 19.1 Å². The Bertz CT molecular complexity index is 608. The van der Waals surface area contributed by atoms with Crippen LogP contribution in [0.3, 0.4) is 0 Å². The van der Waals surface area contributed by atoms with Gasteiger partial charge in [-0.25, -0.2) is 0 Å². The lowest BCUT2D eigenvalue weighted by Crippen LogP contribution is -2.36. The van der Waals surface area contributed by atoms with Crippen molar-refractivity contribution >= 4 is 0 Å². The fourth-order valence-electron chi connectivity index (χ4n) is 3.98. The Balaban J connectivity index is 1.65. The van der Waals surface area contributed by atoms with Crippen molar-refractivity contribution in [1.82, 2.24) is 0 Å². The zero-order valence-corrected chi connectivity index (χ0v) is 15.2. The number of nitrogens with zero attached hydrogens (tertiary/aromatic N) is 1. The first-order valence-electron chi connectivity index (χ1n) is 9.51. The molecule has 1 aromatic rings. The highest BCUT2D eigenvalue weighted by Gasteiger charge is 2.40. The maximum absolute atomic E-state index is 11.2. The van der Waals surface area contributed by atoms with Gasteiger partial charge in [0, 0.05) is 12.8 Å². The van der Waals surface area contributed by atoms with Crippen molar-refractivity contribution in [2.24, 2.45) is 5.41 Å². The molecular formula is C21H29NO3. The molecule has 2 fully saturated rings. The van der Waals surface area contributed by atoms with E-state index in [1.807, 2.05) is 24.3 Å². The van der Waals surface area contributed by atoms with Crippen LogP contribution in [0, 0.1) is 16.7 Å². The Morgan fingerprint density at radius 3 is 2.76 bits per heavy atom. The lowest BCUT2D eigenvalue weighted by Gasteiger charge is -2.42. The van der Waals surface area contributed by atoms with Gasteiger partial charge >= 0.3 is 0 Å². The van der Waals surface area contributed by atoms with E-state index in [9.17, 15) is 5.11 Å². The third-order valence-corrected chi connectivity index (χ3v) is 5.90. The predicted molar refractivity (Wildman–Crippen MR) is 96.0 cm³/mol. The van der Waals surface area contributed by atoms with Crippen molar-refractivity contribution in [2.75, 3.05) is 6.61 Å². The van der Waals surface area contributed by atoms with E-state index in [1.54, 1.807) is 0 Å². The maximum Gasteiger partial charge on any atom is 0.199 e. The fourth-order valence-corrected chi connectivity index (χ4v) is 3.98. The number of hydrogen-bond donors (Lipinski definition) is 1. The summed E-state index contributed by atoms with van der Waals surface area (Å²) in [5.41, 5.74) is 0.313. The minimum atomic E-state index is -0.793. The molecule has 0 bridgehead atoms. The highest BCUT2D eigenvalue weighted by atomic mass is 16.7. The molecule has 4 heteroatoms. The topological polar surface area (TPSA) is 62.5 Å². The monoisotopic (exact) mass is 343 g/mol. The number of aliphatic hydroxyl groups is 1. The molecule has 4 nitrogen and oxygen atoms in total. The van der Waals surface area contributed by atoms with E-state index in [4.69, 9.17) is 14.7 Å². The van der Waals surface area contributed by atoms with E-state index in [-0.39, 0.29) is 11.7 Å². The molecule has 25 heavy (non-hydrogen) atoms. The molecule has 136 valence electrons. The van der Waals surface area contributed by atoms with Gasteiger partial charge in [-0.3, -0.25) is 0 Å². The lowest BCUT2D eigenvalue weighted by molar-refractivity contribution is -0.106. The summed E-state index contributed by atoms with van der Waals surface area (Å²) in [6.45, 7) is 3.00. The molecule has 0 spiro atoms. The predicted octanol–water partition coefficient (Wildman–Crippen LogP) is 4.66. The highest BCUT2D eigenvalue weighted by Crippen LogP contribution is 2.47. The lowest BCUT2D eigenvalue weighted by atomic mass is 9.66. The van der Waals surface area contributed by atoms with Crippen LogP contribution >= 0.6 is 0 Å². The normalized spacial score (nSPS) is 32.8. The van der Waals surface area contributed by atoms with Crippen molar-refractivity contribution in [3.8, 4) is 11.8 Å². The molecule has 1 N–H and O–H groups in total. The summed E-state index contributed by atoms with van der Waals surface area (Å²) in [6, 6.07) is 10.1. The minimum absolute atomic E-state index is 0.167. The van der Waals surface area contributed by atoms with Gasteiger partial charge in [-0.2, -0.15) is 5.26 Å². The quantitative estimate of drug-likeness (QED) is 0.844. The SMILES string of the molecule is CC1(CCC#N)CCC(O)(c2cccc(OC3CCCCO3)c2)CC1. The summed E-state index contributed by atoms with van der Waals surface area (Å²) >= 11 is 0. The Morgan fingerprint density at radius 1 is 1.28 bits per heavy atom. The maximum atomic E-state index is 11.2. The van der Waals surface area contributed by atoms with E-state index in [1.165, 1.54) is 0 Å². The molecule has 1 aliphatic carbocycles. The molecular weight excluding hydrogens is 314 g/mol. The van der Waals surface area contributed by atoms with Crippen LogP contribution in [0.25, 0.3) is 0 Å². The van der Waals surface area contributed by atoms with Crippen LogP contribution in [0.1, 0.15) is 70.3 Å². The molecule has 1 saturated carbocycles. The third kappa shape index (κ3) is 4.54. The van der Waals surface area contributed by atoms with E-state index in [0.717, 1.165) is 69.3 Å². The largest absolute Gasteiger partial charge is 0.465 e. The molecule has 1 aromatic carbocycles. The smallest absolute Gasteiger partial charge is 0.199 e. The van der Waals surface area contributed by atoms with Crippen LogP contribution in [-0.2, 0) is 10.3 Å². The Labute approximate surface area is 150 Å². The number of rotatable bonds is 5. The van der Waals surface area contributed by atoms with Crippen LogP contribution in [-0.4, -0.2) is 18.0 Å². The van der Waals surface area contributed by atoms with Crippen molar-refractivity contribution in [2.45, 2.75) is 76.6 Å². The molecule has 3 rings (SSSR count). The standard InChI is InChI=1S/C21H29NO3/c1-20(9-5-14-22)10-12-21(23,13-11-20)17-6-4-7-18(16-17)25-19-8-2-3-15-24-19/h4,6-7,16,19,23H,2-3,5,8-13,15H2,1H3. The molecule has 1 heterocycles. The Kier molecular flexibility index (Phi) is 5.66. The van der Waals surface area contributed by atoms with Gasteiger partial charge in [0.2, 0.25) is 0 Å². The van der Waals surface area contributed by atoms with Crippen LogP contribution in [0.4, 0.5) is 0 Å². The van der Waals surface area contributed by atoms with E-state index in [0.29, 0.717) is 6.42 Å². The van der Waals surface area contributed by atoms with Crippen molar-refractivity contribution in [3.05, 3.63) is 29.8 Å². The van der Waals surface area contributed by atoms with Gasteiger partial charge in [0.05, 0.1) is 18.3 Å². The zero-order chi connectivity index (χ0) is 17.8. The van der Waals surface area contributed by atoms with Gasteiger partial charge < -0.3 is 14.6 Å². The molecule has 0 aromatic heterocycles. The van der Waals surface area contributed by atoms with E-state index >= 15 is 0 Å². The van der Waals surface area contributed by atoms with Gasteiger partial charge in [-0.15, -0.1) is 0 Å². The Hall–Kier alpha value is -1.57. The van der Waals surface area contributed by atoms with Crippen molar-refractivity contribution < 1.29 is 14.6 Å². The Morgan fingerprint density at radius 2 is 2.08 bits per heavy atom. The summed E-state index contributed by atoms with van der Waals surface area (Å²) < 4.78 is 11.6. The average molecular weight is 343 g/mol. The molecule has 1 saturated heterocycles. The number of hydrogen-bond acceptors (Lipinski definition) is 4. The summed E-state index contributed by atoms with van der Waals surface area (Å²) in [4.78, 5) is 0. The summed E-state index contributed by atoms with van der Waals surface area (Å²) in [5.74, 6) is 0.774. The van der Waals surface area contributed by atoms with Crippen LogP contribution in [0.2, 0.25) is 0 Å². The zero-order valence-electron chi connectivity index (χ0n) is 15.2. The molecule has 1 unspecified atom stereocenters. The van der Waals surface area contributed by atoms with Crippen LogP contribution < -0.4 is 4.74 Å². The first kappa shape index (κ1) is 18.2. The second-order valence-electron chi connectivity index (χ2n) is 7.94. The molecule has 0 radical (unpaired) electrons. The van der Waals surface area contributed by atoms with Crippen LogP contribution in [0.5, 0.6) is 5.75 Å². The number of ether oxygens (including phenoxy) is 2. The number of benzene rings is 1. The fraction of sp³-hybridized carbons (Fsp3) is 0.667. The second kappa shape index (κ2) is 7.76. The molecule has 1 aliphatic heterocycles. The highest BCUT2D eigenvalue weighted by molar-refractivity contribution is 5.33. The van der Waals surface area contributed by atoms with Gasteiger partial charge in [0.1, 0.15) is 5.75 Å². The first-order chi connectivity index (χ1) is 12.0. The van der Waals surface area contributed by atoms with Gasteiger partial charge in [0.15, 0.2) is 6.29 Å². The van der Waals surface area contributed by atoms with Crippen molar-refractivity contribution in [3.63, 3.8) is 0 Å². The second-order valence-corrected chi connectivity index (χ2v) is 7.94. The summed E-state index contributed by atoms with van der Waals surface area (Å²) in [7, 11) is 0. The molecule has 1 atom stereocenters. The summed E-state index contributed by atoms with van der Waals surface area (Å²) in [6.07, 6.45) is 7.87. The summed E-state index contributed by atoms with van der Waals surface area (Å²) in [5, 5.41) is 20.0. The van der Waals surface area contributed by atoms with Crippen molar-refractivity contribution in [1.29, 1.82) is 5.26 Å². The number of nitriles is 1. The molecule has 2 aliphatic rings. The average Bonchev–Trinajstić information content (AvgIpc) is 2.64. The third-order valence-electron chi connectivity index (χ3n) is 5.90. The van der Waals surface area contributed by atoms with E-state index in [2.05, 4.69) is 13.0 Å². The van der Waals surface area contributed by atoms with Gasteiger partial charge in [0.25, 0.3) is 0 Å². The molecule has 0 amide bonds.